The molecule has 3 aromatic rings. The van der Waals surface area contributed by atoms with Crippen LogP contribution in [0.5, 0.6) is 0 Å². The number of pyridine rings is 1. The van der Waals surface area contributed by atoms with Gasteiger partial charge in [-0.15, -0.1) is 0 Å². The summed E-state index contributed by atoms with van der Waals surface area (Å²) < 4.78 is 0. The van der Waals surface area contributed by atoms with Gasteiger partial charge >= 0.3 is 0 Å². The fourth-order valence-electron chi connectivity index (χ4n) is 4.93. The van der Waals surface area contributed by atoms with Crippen molar-refractivity contribution in [3.05, 3.63) is 104 Å². The summed E-state index contributed by atoms with van der Waals surface area (Å²) >= 11 is 6.19. The number of hydrogen-bond acceptors (Lipinski definition) is 1. The minimum absolute atomic E-state index is 0.389. The van der Waals surface area contributed by atoms with Crippen LogP contribution in [0, 0.1) is 23.3 Å². The largest absolute Gasteiger partial charge is 0.261 e. The molecule has 0 spiro atoms. The quantitative estimate of drug-likeness (QED) is 0.637. The molecule has 1 aromatic heterocycles. The van der Waals surface area contributed by atoms with Gasteiger partial charge in [0, 0.05) is 22.8 Å². The number of benzene rings is 2. The monoisotopic (exact) mass is 384 g/mol. The second kappa shape index (κ2) is 7.22. The highest BCUT2D eigenvalue weighted by Gasteiger charge is 2.24. The predicted molar refractivity (Wildman–Crippen MR) is 116 cm³/mol. The van der Waals surface area contributed by atoms with Gasteiger partial charge in [-0.2, -0.15) is 0 Å². The van der Waals surface area contributed by atoms with Gasteiger partial charge in [0.25, 0.3) is 0 Å². The van der Waals surface area contributed by atoms with Gasteiger partial charge in [-0.25, -0.2) is 0 Å². The molecule has 2 atom stereocenters. The Balaban J connectivity index is 1.64. The van der Waals surface area contributed by atoms with E-state index in [1.54, 1.807) is 0 Å². The molecule has 0 bridgehead atoms. The molecule has 0 saturated carbocycles. The first kappa shape index (κ1) is 17.7. The summed E-state index contributed by atoms with van der Waals surface area (Å²) in [6.07, 6.45) is 10.8. The van der Waals surface area contributed by atoms with Crippen molar-refractivity contribution in [1.29, 1.82) is 0 Å². The summed E-state index contributed by atoms with van der Waals surface area (Å²) in [4.78, 5) is 4.61. The number of halogens is 1. The SMILES string of the molecule is [CH2]CC(c1ccccn1)C1C=c2ccc3c(c2CC1)CC=c1cc(Cl)ccc1=3. The third kappa shape index (κ3) is 2.99. The standard InChI is InChI=1S/C26H23ClN/c1-2-21(26-5-3-4-14-28-26)17-6-10-22-18(15-17)7-11-25-23-13-9-20(27)16-19(23)8-12-24(22)25/h3-5,7-9,11,13-17,21H,1-2,6,10,12H2. The maximum absolute atomic E-state index is 6.19. The molecule has 1 radical (unpaired) electrons. The van der Waals surface area contributed by atoms with Crippen LogP contribution < -0.4 is 10.4 Å². The Labute approximate surface area is 170 Å². The van der Waals surface area contributed by atoms with Crippen LogP contribution in [0.2, 0.25) is 5.02 Å². The van der Waals surface area contributed by atoms with Gasteiger partial charge in [0.15, 0.2) is 0 Å². The average Bonchev–Trinajstić information content (AvgIpc) is 2.74. The summed E-state index contributed by atoms with van der Waals surface area (Å²) in [5.74, 6) is 0.886. The van der Waals surface area contributed by atoms with Crippen LogP contribution in [0.4, 0.5) is 0 Å². The summed E-state index contributed by atoms with van der Waals surface area (Å²) in [7, 11) is 0. The molecule has 0 fully saturated rings. The molecule has 5 rings (SSSR count). The Bertz CT molecular complexity index is 1240. The number of rotatable bonds is 3. The normalized spacial score (nSPS) is 18.1. The van der Waals surface area contributed by atoms with Crippen molar-refractivity contribution in [3.63, 3.8) is 0 Å². The summed E-state index contributed by atoms with van der Waals surface area (Å²) in [5, 5.41) is 6.14. The highest BCUT2D eigenvalue weighted by Crippen LogP contribution is 2.33. The Morgan fingerprint density at radius 3 is 2.75 bits per heavy atom. The number of fused-ring (bicyclic) bond motifs is 4. The molecule has 2 heteroatoms. The topological polar surface area (TPSA) is 12.9 Å². The minimum atomic E-state index is 0.389. The van der Waals surface area contributed by atoms with Gasteiger partial charge in [-0.3, -0.25) is 4.98 Å². The zero-order valence-corrected chi connectivity index (χ0v) is 16.6. The molecule has 0 saturated heterocycles. The summed E-state index contributed by atoms with van der Waals surface area (Å²) in [6.45, 7) is 4.22. The van der Waals surface area contributed by atoms with Gasteiger partial charge in [0.05, 0.1) is 0 Å². The fourth-order valence-corrected chi connectivity index (χ4v) is 5.11. The molecule has 2 unspecified atom stereocenters. The van der Waals surface area contributed by atoms with Crippen molar-refractivity contribution in [2.24, 2.45) is 5.92 Å². The zero-order valence-electron chi connectivity index (χ0n) is 15.9. The van der Waals surface area contributed by atoms with Crippen LogP contribution in [0.1, 0.15) is 35.6 Å². The van der Waals surface area contributed by atoms with Crippen LogP contribution in [-0.4, -0.2) is 4.98 Å². The van der Waals surface area contributed by atoms with Gasteiger partial charge in [-0.1, -0.05) is 54.9 Å². The number of hydrogen-bond donors (Lipinski definition) is 0. The van der Waals surface area contributed by atoms with Gasteiger partial charge < -0.3 is 0 Å². The van der Waals surface area contributed by atoms with E-state index in [-0.39, 0.29) is 0 Å². The van der Waals surface area contributed by atoms with Crippen LogP contribution in [0.3, 0.4) is 0 Å². The highest BCUT2D eigenvalue weighted by atomic mass is 35.5. The predicted octanol–water partition coefficient (Wildman–Crippen LogP) is 4.71. The molecular weight excluding hydrogens is 362 g/mol. The third-order valence-electron chi connectivity index (χ3n) is 6.31. The maximum atomic E-state index is 6.19. The average molecular weight is 385 g/mol. The van der Waals surface area contributed by atoms with E-state index < -0.39 is 0 Å². The molecule has 139 valence electrons. The van der Waals surface area contributed by atoms with Crippen molar-refractivity contribution >= 4 is 23.8 Å². The lowest BCUT2D eigenvalue weighted by Crippen LogP contribution is -2.25. The number of nitrogens with zero attached hydrogens (tertiary/aromatic N) is 1. The van der Waals surface area contributed by atoms with Gasteiger partial charge in [0.1, 0.15) is 0 Å². The van der Waals surface area contributed by atoms with Crippen LogP contribution in [-0.2, 0) is 12.8 Å². The smallest absolute Gasteiger partial charge is 0.0440 e. The molecule has 2 aliphatic rings. The van der Waals surface area contributed by atoms with E-state index >= 15 is 0 Å². The molecule has 0 amide bonds. The Kier molecular flexibility index (Phi) is 4.56. The van der Waals surface area contributed by atoms with Crippen molar-refractivity contribution in [2.75, 3.05) is 0 Å². The van der Waals surface area contributed by atoms with Crippen molar-refractivity contribution in [1.82, 2.24) is 4.98 Å². The van der Waals surface area contributed by atoms with E-state index in [4.69, 9.17) is 11.6 Å². The summed E-state index contributed by atoms with van der Waals surface area (Å²) in [6, 6.07) is 17.0. The van der Waals surface area contributed by atoms with E-state index in [9.17, 15) is 0 Å². The second-order valence-electron chi connectivity index (χ2n) is 7.82. The Morgan fingerprint density at radius 2 is 1.93 bits per heavy atom. The van der Waals surface area contributed by atoms with E-state index in [1.165, 1.54) is 37.7 Å². The zero-order chi connectivity index (χ0) is 19.1. The van der Waals surface area contributed by atoms with Crippen LogP contribution >= 0.6 is 11.6 Å². The lowest BCUT2D eigenvalue weighted by molar-refractivity contribution is 0.480. The summed E-state index contributed by atoms with van der Waals surface area (Å²) in [5.41, 5.74) is 4.18. The van der Waals surface area contributed by atoms with Gasteiger partial charge in [0.2, 0.25) is 0 Å². The molecule has 0 aliphatic heterocycles. The fraction of sp³-hybridized carbons (Fsp3) is 0.231. The van der Waals surface area contributed by atoms with Crippen molar-refractivity contribution in [2.45, 2.75) is 31.6 Å². The van der Waals surface area contributed by atoms with Gasteiger partial charge in [-0.05, 0) is 87.9 Å². The first-order valence-corrected chi connectivity index (χ1v) is 10.5. The molecule has 0 N–H and O–H groups in total. The second-order valence-corrected chi connectivity index (χ2v) is 8.25. The van der Waals surface area contributed by atoms with E-state index in [2.05, 4.69) is 60.5 Å². The number of aromatic nitrogens is 1. The molecule has 2 aromatic carbocycles. The van der Waals surface area contributed by atoms with E-state index in [1.807, 2.05) is 18.3 Å². The molecular formula is C26H23ClN. The van der Waals surface area contributed by atoms with Crippen molar-refractivity contribution in [3.8, 4) is 0 Å². The van der Waals surface area contributed by atoms with Crippen molar-refractivity contribution < 1.29 is 0 Å². The highest BCUT2D eigenvalue weighted by molar-refractivity contribution is 6.30. The van der Waals surface area contributed by atoms with Crippen LogP contribution in [0.15, 0.2) is 54.7 Å². The Morgan fingerprint density at radius 1 is 1.04 bits per heavy atom. The lowest BCUT2D eigenvalue weighted by atomic mass is 9.77. The lowest BCUT2D eigenvalue weighted by Gasteiger charge is -2.27. The van der Waals surface area contributed by atoms with Crippen LogP contribution in [0.25, 0.3) is 12.2 Å². The maximum Gasteiger partial charge on any atom is 0.0440 e. The first-order valence-electron chi connectivity index (χ1n) is 10.1. The molecule has 2 aliphatic carbocycles. The van der Waals surface area contributed by atoms with E-state index in [0.29, 0.717) is 11.8 Å². The van der Waals surface area contributed by atoms with E-state index in [0.717, 1.165) is 30.7 Å². The molecule has 28 heavy (non-hydrogen) atoms. The molecule has 1 nitrogen and oxygen atoms in total. The molecule has 1 heterocycles. The third-order valence-corrected chi connectivity index (χ3v) is 6.55. The minimum Gasteiger partial charge on any atom is -0.261 e. The first-order chi connectivity index (χ1) is 13.7. The Hall–Kier alpha value is -2.38.